The predicted molar refractivity (Wildman–Crippen MR) is 94.1 cm³/mol. The lowest BCUT2D eigenvalue weighted by atomic mass is 10.2. The van der Waals surface area contributed by atoms with Crippen LogP contribution in [0, 0.1) is 11.8 Å². The molecule has 0 bridgehead atoms. The number of carbonyl (C=O) groups is 1. The molecule has 0 aliphatic carbocycles. The average molecular weight is 322 g/mol. The van der Waals surface area contributed by atoms with Crippen LogP contribution >= 0.6 is 0 Å². The van der Waals surface area contributed by atoms with Crippen molar-refractivity contribution in [3.63, 3.8) is 0 Å². The molecule has 2 N–H and O–H groups in total. The standard InChI is InChI=1S/C18H30N2O3/c1-14(2)12-22-11-7-10-19-18(21)20-16-8-5-6-9-17(16)23-13-15(3)4/h5-6,8-9,14-15H,7,10-13H2,1-4H3,(H2,19,20,21). The van der Waals surface area contributed by atoms with Gasteiger partial charge >= 0.3 is 6.03 Å². The third-order valence-electron chi connectivity index (χ3n) is 2.91. The summed E-state index contributed by atoms with van der Waals surface area (Å²) < 4.78 is 11.2. The molecule has 130 valence electrons. The third-order valence-corrected chi connectivity index (χ3v) is 2.91. The van der Waals surface area contributed by atoms with E-state index in [4.69, 9.17) is 9.47 Å². The second kappa shape index (κ2) is 10.9. The SMILES string of the molecule is CC(C)COCCCNC(=O)Nc1ccccc1OCC(C)C. The van der Waals surface area contributed by atoms with Crippen LogP contribution in [0.5, 0.6) is 5.75 Å². The number of carbonyl (C=O) groups excluding carboxylic acids is 1. The minimum Gasteiger partial charge on any atom is -0.491 e. The molecule has 0 aromatic heterocycles. The van der Waals surface area contributed by atoms with E-state index < -0.39 is 0 Å². The first-order valence-electron chi connectivity index (χ1n) is 8.33. The molecule has 0 saturated heterocycles. The Morgan fingerprint density at radius 1 is 1.09 bits per heavy atom. The van der Waals surface area contributed by atoms with E-state index in [0.29, 0.717) is 43.0 Å². The summed E-state index contributed by atoms with van der Waals surface area (Å²) in [4.78, 5) is 11.9. The monoisotopic (exact) mass is 322 g/mol. The van der Waals surface area contributed by atoms with Crippen molar-refractivity contribution in [2.24, 2.45) is 11.8 Å². The Morgan fingerprint density at radius 3 is 2.48 bits per heavy atom. The molecule has 0 saturated carbocycles. The maximum Gasteiger partial charge on any atom is 0.319 e. The molecule has 23 heavy (non-hydrogen) atoms. The summed E-state index contributed by atoms with van der Waals surface area (Å²) in [6.07, 6.45) is 0.797. The number of benzene rings is 1. The smallest absolute Gasteiger partial charge is 0.319 e. The highest BCUT2D eigenvalue weighted by atomic mass is 16.5. The fourth-order valence-corrected chi connectivity index (χ4v) is 1.81. The van der Waals surface area contributed by atoms with E-state index in [-0.39, 0.29) is 6.03 Å². The topological polar surface area (TPSA) is 59.6 Å². The molecule has 0 unspecified atom stereocenters. The van der Waals surface area contributed by atoms with E-state index in [1.165, 1.54) is 0 Å². The van der Waals surface area contributed by atoms with Crippen molar-refractivity contribution in [3.8, 4) is 5.75 Å². The lowest BCUT2D eigenvalue weighted by Crippen LogP contribution is -2.30. The normalized spacial score (nSPS) is 10.9. The molecule has 5 nitrogen and oxygen atoms in total. The Hall–Kier alpha value is -1.75. The van der Waals surface area contributed by atoms with Crippen LogP contribution in [0.3, 0.4) is 0 Å². The molecule has 0 fully saturated rings. The Labute approximate surface area is 139 Å². The molecule has 0 atom stereocenters. The van der Waals surface area contributed by atoms with Gasteiger partial charge in [-0.25, -0.2) is 4.79 Å². The molecule has 5 heteroatoms. The highest BCUT2D eigenvalue weighted by molar-refractivity contribution is 5.90. The van der Waals surface area contributed by atoms with Crippen LogP contribution in [0.15, 0.2) is 24.3 Å². The van der Waals surface area contributed by atoms with Crippen LogP contribution in [0.2, 0.25) is 0 Å². The maximum atomic E-state index is 11.9. The van der Waals surface area contributed by atoms with Gasteiger partial charge in [0, 0.05) is 19.8 Å². The Kier molecular flexibility index (Phi) is 9.14. The molecular formula is C18H30N2O3. The minimum absolute atomic E-state index is 0.227. The molecule has 0 radical (unpaired) electrons. The number of nitrogens with one attached hydrogen (secondary N) is 2. The Bertz CT molecular complexity index is 461. The van der Waals surface area contributed by atoms with Crippen molar-refractivity contribution in [2.45, 2.75) is 34.1 Å². The first-order valence-corrected chi connectivity index (χ1v) is 8.33. The molecule has 2 amide bonds. The molecule has 0 aliphatic rings. The molecule has 1 rings (SSSR count). The highest BCUT2D eigenvalue weighted by Crippen LogP contribution is 2.24. The molecule has 0 aliphatic heterocycles. The summed E-state index contributed by atoms with van der Waals surface area (Å²) in [5.41, 5.74) is 0.682. The van der Waals surface area contributed by atoms with Gasteiger partial charge in [0.25, 0.3) is 0 Å². The number of urea groups is 1. The van der Waals surface area contributed by atoms with Gasteiger partial charge in [-0.3, -0.25) is 0 Å². The number of ether oxygens (including phenoxy) is 2. The Balaban J connectivity index is 2.31. The van der Waals surface area contributed by atoms with E-state index in [1.54, 1.807) is 0 Å². The zero-order valence-electron chi connectivity index (χ0n) is 14.7. The number of amides is 2. The van der Waals surface area contributed by atoms with Gasteiger partial charge in [-0.1, -0.05) is 39.8 Å². The van der Waals surface area contributed by atoms with E-state index >= 15 is 0 Å². The number of hydrogen-bond acceptors (Lipinski definition) is 3. The number of hydrogen-bond donors (Lipinski definition) is 2. The molecule has 1 aromatic carbocycles. The first-order chi connectivity index (χ1) is 11.0. The zero-order valence-corrected chi connectivity index (χ0v) is 14.7. The second-order valence-corrected chi connectivity index (χ2v) is 6.40. The first kappa shape index (κ1) is 19.3. The van der Waals surface area contributed by atoms with E-state index in [9.17, 15) is 4.79 Å². The van der Waals surface area contributed by atoms with Crippen molar-refractivity contribution in [2.75, 3.05) is 31.7 Å². The van der Waals surface area contributed by atoms with Gasteiger partial charge in [-0.05, 0) is 30.4 Å². The van der Waals surface area contributed by atoms with Crippen molar-refractivity contribution in [1.82, 2.24) is 5.32 Å². The third kappa shape index (κ3) is 9.08. The largest absolute Gasteiger partial charge is 0.491 e. The van der Waals surface area contributed by atoms with E-state index in [0.717, 1.165) is 13.0 Å². The van der Waals surface area contributed by atoms with Gasteiger partial charge in [-0.15, -0.1) is 0 Å². The lowest BCUT2D eigenvalue weighted by Gasteiger charge is -2.14. The molecule has 1 aromatic rings. The van der Waals surface area contributed by atoms with Crippen LogP contribution in [0.1, 0.15) is 34.1 Å². The number of anilines is 1. The van der Waals surface area contributed by atoms with Gasteiger partial charge < -0.3 is 20.1 Å². The van der Waals surface area contributed by atoms with Crippen LogP contribution in [0.25, 0.3) is 0 Å². The summed E-state index contributed by atoms with van der Waals surface area (Å²) >= 11 is 0. The quantitative estimate of drug-likeness (QED) is 0.642. The van der Waals surface area contributed by atoms with Gasteiger partial charge in [0.2, 0.25) is 0 Å². The molecule has 0 spiro atoms. The summed E-state index contributed by atoms with van der Waals surface area (Å²) in [7, 11) is 0. The fourth-order valence-electron chi connectivity index (χ4n) is 1.81. The second-order valence-electron chi connectivity index (χ2n) is 6.40. The van der Waals surface area contributed by atoms with Gasteiger partial charge in [0.05, 0.1) is 12.3 Å². The minimum atomic E-state index is -0.227. The van der Waals surface area contributed by atoms with Crippen molar-refractivity contribution >= 4 is 11.7 Å². The number of rotatable bonds is 10. The summed E-state index contributed by atoms with van der Waals surface area (Å²) in [5, 5.41) is 5.65. The summed E-state index contributed by atoms with van der Waals surface area (Å²) in [6, 6.07) is 7.23. The van der Waals surface area contributed by atoms with Crippen molar-refractivity contribution < 1.29 is 14.3 Å². The summed E-state index contributed by atoms with van der Waals surface area (Å²) in [5.74, 6) is 1.66. The van der Waals surface area contributed by atoms with Gasteiger partial charge in [-0.2, -0.15) is 0 Å². The van der Waals surface area contributed by atoms with Crippen LogP contribution in [-0.2, 0) is 4.74 Å². The number of para-hydroxylation sites is 2. The van der Waals surface area contributed by atoms with Crippen LogP contribution in [-0.4, -0.2) is 32.4 Å². The van der Waals surface area contributed by atoms with Crippen molar-refractivity contribution in [1.29, 1.82) is 0 Å². The van der Waals surface area contributed by atoms with Crippen LogP contribution in [0.4, 0.5) is 10.5 Å². The van der Waals surface area contributed by atoms with Crippen molar-refractivity contribution in [3.05, 3.63) is 24.3 Å². The van der Waals surface area contributed by atoms with E-state index in [2.05, 4.69) is 38.3 Å². The summed E-state index contributed by atoms with van der Waals surface area (Å²) in [6.45, 7) is 11.0. The molecule has 0 heterocycles. The highest BCUT2D eigenvalue weighted by Gasteiger charge is 2.07. The van der Waals surface area contributed by atoms with E-state index in [1.807, 2.05) is 24.3 Å². The Morgan fingerprint density at radius 2 is 1.78 bits per heavy atom. The van der Waals surface area contributed by atoms with Gasteiger partial charge in [0.15, 0.2) is 0 Å². The lowest BCUT2D eigenvalue weighted by molar-refractivity contribution is 0.108. The fraction of sp³-hybridized carbons (Fsp3) is 0.611. The van der Waals surface area contributed by atoms with Crippen LogP contribution < -0.4 is 15.4 Å². The zero-order chi connectivity index (χ0) is 17.1. The van der Waals surface area contributed by atoms with Gasteiger partial charge in [0.1, 0.15) is 5.75 Å². The predicted octanol–water partition coefficient (Wildman–Crippen LogP) is 3.91. The maximum absolute atomic E-state index is 11.9. The average Bonchev–Trinajstić information content (AvgIpc) is 2.49. The molecular weight excluding hydrogens is 292 g/mol.